The number of benzene rings is 2. The van der Waals surface area contributed by atoms with Gasteiger partial charge in [0.1, 0.15) is 0 Å². The Bertz CT molecular complexity index is 744. The molecule has 1 radical (unpaired) electrons. The number of piperazine rings is 1. The molecule has 0 bridgehead atoms. The van der Waals surface area contributed by atoms with Crippen LogP contribution in [-0.2, 0) is 11.3 Å². The van der Waals surface area contributed by atoms with Crippen LogP contribution >= 0.6 is 0 Å². The van der Waals surface area contributed by atoms with E-state index in [1.54, 1.807) is 0 Å². The monoisotopic (exact) mass is 362 g/mol. The molecule has 0 aromatic heterocycles. The minimum Gasteiger partial charge on any atom is -0.371 e. The molecule has 4 heteroatoms. The molecule has 0 amide bonds. The van der Waals surface area contributed by atoms with Crippen molar-refractivity contribution in [1.82, 2.24) is 4.90 Å². The van der Waals surface area contributed by atoms with Gasteiger partial charge in [0.15, 0.2) is 0 Å². The van der Waals surface area contributed by atoms with E-state index in [1.165, 1.54) is 49.3 Å². The zero-order chi connectivity index (χ0) is 18.5. The molecular weight excluding hydrogens is 334 g/mol. The predicted octanol–water partition coefficient (Wildman–Crippen LogP) is 3.46. The fourth-order valence-electron chi connectivity index (χ4n) is 4.23. The SMILES string of the molecule is O=[C]c1ccc(N2CCN(Cc3ccccc3N3CCCCC3)CC2)cc1. The first kappa shape index (κ1) is 18.1. The van der Waals surface area contributed by atoms with E-state index in [9.17, 15) is 4.79 Å². The number of hydrogen-bond acceptors (Lipinski definition) is 4. The molecule has 2 aliphatic rings. The average molecular weight is 362 g/mol. The van der Waals surface area contributed by atoms with E-state index in [2.05, 4.69) is 39.0 Å². The van der Waals surface area contributed by atoms with Crippen LogP contribution in [0.1, 0.15) is 30.4 Å². The largest absolute Gasteiger partial charge is 0.371 e. The van der Waals surface area contributed by atoms with Crippen LogP contribution < -0.4 is 9.80 Å². The van der Waals surface area contributed by atoms with E-state index in [0.29, 0.717) is 5.56 Å². The van der Waals surface area contributed by atoms with Crippen molar-refractivity contribution in [2.45, 2.75) is 25.8 Å². The summed E-state index contributed by atoms with van der Waals surface area (Å²) in [5.41, 5.74) is 4.70. The lowest BCUT2D eigenvalue weighted by molar-refractivity contribution is 0.250. The van der Waals surface area contributed by atoms with Gasteiger partial charge >= 0.3 is 0 Å². The first-order valence-electron chi connectivity index (χ1n) is 10.1. The minimum atomic E-state index is 0.617. The summed E-state index contributed by atoms with van der Waals surface area (Å²) in [6, 6.07) is 16.7. The highest BCUT2D eigenvalue weighted by Gasteiger charge is 2.20. The maximum Gasteiger partial charge on any atom is 0.233 e. The first-order valence-corrected chi connectivity index (χ1v) is 10.1. The number of hydrogen-bond donors (Lipinski definition) is 0. The third-order valence-electron chi connectivity index (χ3n) is 5.80. The Morgan fingerprint density at radius 3 is 2.15 bits per heavy atom. The first-order chi connectivity index (χ1) is 13.3. The lowest BCUT2D eigenvalue weighted by Gasteiger charge is -2.37. The van der Waals surface area contributed by atoms with Gasteiger partial charge in [-0.1, -0.05) is 18.2 Å². The molecule has 0 N–H and O–H groups in total. The van der Waals surface area contributed by atoms with Gasteiger partial charge in [0, 0.05) is 62.8 Å². The van der Waals surface area contributed by atoms with Crippen molar-refractivity contribution in [3.63, 3.8) is 0 Å². The smallest absolute Gasteiger partial charge is 0.233 e. The summed E-state index contributed by atoms with van der Waals surface area (Å²) in [5.74, 6) is 0. The van der Waals surface area contributed by atoms with Crippen LogP contribution in [0.3, 0.4) is 0 Å². The molecule has 0 unspecified atom stereocenters. The van der Waals surface area contributed by atoms with Crippen LogP contribution in [0.5, 0.6) is 0 Å². The number of rotatable bonds is 5. The molecule has 27 heavy (non-hydrogen) atoms. The number of para-hydroxylation sites is 1. The van der Waals surface area contributed by atoms with Crippen LogP contribution in [0.25, 0.3) is 0 Å². The quantitative estimate of drug-likeness (QED) is 0.814. The fourth-order valence-corrected chi connectivity index (χ4v) is 4.23. The molecule has 2 aliphatic heterocycles. The van der Waals surface area contributed by atoms with Gasteiger partial charge in [-0.25, -0.2) is 0 Å². The lowest BCUT2D eigenvalue weighted by atomic mass is 10.1. The third kappa shape index (κ3) is 4.33. The van der Waals surface area contributed by atoms with Crippen LogP contribution in [0, 0.1) is 0 Å². The molecule has 2 aromatic rings. The normalized spacial score (nSPS) is 18.5. The summed E-state index contributed by atoms with van der Waals surface area (Å²) in [6.07, 6.45) is 5.94. The molecular formula is C23H28N3O. The highest BCUT2D eigenvalue weighted by atomic mass is 16.1. The molecule has 141 valence electrons. The van der Waals surface area contributed by atoms with Crippen molar-refractivity contribution in [2.24, 2.45) is 0 Å². The van der Waals surface area contributed by atoms with Crippen LogP contribution in [0.2, 0.25) is 0 Å². The summed E-state index contributed by atoms with van der Waals surface area (Å²) in [4.78, 5) is 18.2. The average Bonchev–Trinajstić information content (AvgIpc) is 2.75. The van der Waals surface area contributed by atoms with Gasteiger partial charge in [-0.2, -0.15) is 0 Å². The Labute approximate surface area is 162 Å². The molecule has 4 rings (SSSR count). The third-order valence-corrected chi connectivity index (χ3v) is 5.80. The second kappa shape index (κ2) is 8.57. The summed E-state index contributed by atoms with van der Waals surface area (Å²) >= 11 is 0. The highest BCUT2D eigenvalue weighted by Crippen LogP contribution is 2.26. The van der Waals surface area contributed by atoms with Crippen LogP contribution in [0.4, 0.5) is 11.4 Å². The Morgan fingerprint density at radius 2 is 1.44 bits per heavy atom. The molecule has 0 saturated carbocycles. The van der Waals surface area contributed by atoms with Crippen molar-refractivity contribution in [3.05, 3.63) is 59.7 Å². The second-order valence-electron chi connectivity index (χ2n) is 7.59. The van der Waals surface area contributed by atoms with Gasteiger partial charge in [-0.3, -0.25) is 9.69 Å². The molecule has 2 heterocycles. The number of carbonyl (C=O) groups excluding carboxylic acids is 1. The van der Waals surface area contributed by atoms with E-state index in [-0.39, 0.29) is 0 Å². The number of nitrogens with zero attached hydrogens (tertiary/aromatic N) is 3. The van der Waals surface area contributed by atoms with Crippen molar-refractivity contribution in [1.29, 1.82) is 0 Å². The Balaban J connectivity index is 1.37. The Kier molecular flexibility index (Phi) is 5.73. The molecule has 2 fully saturated rings. The maximum absolute atomic E-state index is 10.7. The molecule has 2 saturated heterocycles. The van der Waals surface area contributed by atoms with Crippen molar-refractivity contribution >= 4 is 17.7 Å². The molecule has 4 nitrogen and oxygen atoms in total. The summed E-state index contributed by atoms with van der Waals surface area (Å²) in [5, 5.41) is 0. The molecule has 0 atom stereocenters. The summed E-state index contributed by atoms with van der Waals surface area (Å²) in [7, 11) is 0. The molecule has 0 spiro atoms. The zero-order valence-corrected chi connectivity index (χ0v) is 15.9. The van der Waals surface area contributed by atoms with Gasteiger partial charge in [0.2, 0.25) is 6.29 Å². The van der Waals surface area contributed by atoms with Crippen molar-refractivity contribution in [2.75, 3.05) is 49.1 Å². The van der Waals surface area contributed by atoms with Crippen LogP contribution in [0.15, 0.2) is 48.5 Å². The van der Waals surface area contributed by atoms with E-state index in [4.69, 9.17) is 0 Å². The Hall–Kier alpha value is -2.33. The van der Waals surface area contributed by atoms with E-state index in [0.717, 1.165) is 32.7 Å². The van der Waals surface area contributed by atoms with Crippen molar-refractivity contribution in [3.8, 4) is 0 Å². The Morgan fingerprint density at radius 1 is 0.741 bits per heavy atom. The predicted molar refractivity (Wildman–Crippen MR) is 111 cm³/mol. The van der Waals surface area contributed by atoms with E-state index in [1.807, 2.05) is 30.6 Å². The standard InChI is InChI=1S/C23H28N3O/c27-19-20-8-10-22(11-9-20)25-16-14-24(15-17-25)18-21-6-2-3-7-23(21)26-12-4-1-5-13-26/h2-3,6-11H,1,4-5,12-18H2. The minimum absolute atomic E-state index is 0.617. The van der Waals surface area contributed by atoms with E-state index < -0.39 is 0 Å². The van der Waals surface area contributed by atoms with Crippen LogP contribution in [-0.4, -0.2) is 50.5 Å². The van der Waals surface area contributed by atoms with Gasteiger partial charge in [-0.15, -0.1) is 0 Å². The fraction of sp³-hybridized carbons (Fsp3) is 0.435. The number of piperidine rings is 1. The topological polar surface area (TPSA) is 26.8 Å². The zero-order valence-electron chi connectivity index (χ0n) is 15.9. The lowest BCUT2D eigenvalue weighted by Crippen LogP contribution is -2.46. The maximum atomic E-state index is 10.7. The van der Waals surface area contributed by atoms with Gasteiger partial charge < -0.3 is 9.80 Å². The second-order valence-corrected chi connectivity index (χ2v) is 7.59. The summed E-state index contributed by atoms with van der Waals surface area (Å²) < 4.78 is 0. The van der Waals surface area contributed by atoms with E-state index >= 15 is 0 Å². The number of anilines is 2. The van der Waals surface area contributed by atoms with Crippen molar-refractivity contribution < 1.29 is 4.79 Å². The van der Waals surface area contributed by atoms with Gasteiger partial charge in [-0.05, 0) is 55.2 Å². The molecule has 0 aliphatic carbocycles. The summed E-state index contributed by atoms with van der Waals surface area (Å²) in [6.45, 7) is 7.59. The highest BCUT2D eigenvalue weighted by molar-refractivity contribution is 5.76. The molecule has 2 aromatic carbocycles. The van der Waals surface area contributed by atoms with Gasteiger partial charge in [0.25, 0.3) is 0 Å². The van der Waals surface area contributed by atoms with Gasteiger partial charge in [0.05, 0.1) is 0 Å².